The minimum atomic E-state index is -0.908. The van der Waals surface area contributed by atoms with Crippen molar-refractivity contribution in [3.63, 3.8) is 0 Å². The first-order valence-corrected chi connectivity index (χ1v) is 13.6. The molecule has 1 aliphatic rings. The number of hydrogen-bond acceptors (Lipinski definition) is 5. The Balaban J connectivity index is 1.24. The van der Waals surface area contributed by atoms with E-state index in [1.807, 2.05) is 24.4 Å². The van der Waals surface area contributed by atoms with E-state index in [0.717, 1.165) is 53.7 Å². The number of H-pyrrole nitrogens is 1. The molecule has 5 rings (SSSR count). The number of pyridine rings is 2. The molecule has 4 aromatic rings. The van der Waals surface area contributed by atoms with E-state index in [2.05, 4.69) is 45.9 Å². The van der Waals surface area contributed by atoms with E-state index in [1.165, 1.54) is 44.7 Å². The molecule has 2 unspecified atom stereocenters. The predicted molar refractivity (Wildman–Crippen MR) is 149 cm³/mol. The fourth-order valence-electron chi connectivity index (χ4n) is 5.47. The van der Waals surface area contributed by atoms with E-state index < -0.39 is 11.6 Å². The Hall–Kier alpha value is -3.39. The van der Waals surface area contributed by atoms with Gasteiger partial charge < -0.3 is 15.2 Å². The topological polar surface area (TPSA) is 69.7 Å². The lowest BCUT2D eigenvalue weighted by Crippen LogP contribution is -2.31. The Bertz CT molecular complexity index is 1380. The summed E-state index contributed by atoms with van der Waals surface area (Å²) in [6.07, 6.45) is 8.30. The van der Waals surface area contributed by atoms with Crippen molar-refractivity contribution in [3.05, 3.63) is 60.6 Å². The minimum Gasteiger partial charge on any atom is -0.384 e. The molecule has 3 aromatic heterocycles. The average Bonchev–Trinajstić information content (AvgIpc) is 3.32. The Kier molecular flexibility index (Phi) is 7.98. The van der Waals surface area contributed by atoms with Crippen LogP contribution in [0.5, 0.6) is 0 Å². The zero-order valence-corrected chi connectivity index (χ0v) is 22.3. The third kappa shape index (κ3) is 5.85. The van der Waals surface area contributed by atoms with Gasteiger partial charge in [0.05, 0.1) is 46.3 Å². The second-order valence-corrected chi connectivity index (χ2v) is 10.7. The van der Waals surface area contributed by atoms with Crippen LogP contribution < -0.4 is 5.32 Å². The monoisotopic (exact) mass is 518 g/mol. The number of halogens is 2. The highest BCUT2D eigenvalue weighted by Gasteiger charge is 2.24. The molecule has 2 N–H and O–H groups in total. The van der Waals surface area contributed by atoms with Crippen molar-refractivity contribution in [2.45, 2.75) is 52.5 Å². The summed E-state index contributed by atoms with van der Waals surface area (Å²) in [6, 6.07) is 10.2. The number of nitrogens with zero attached hydrogens (tertiary/aromatic N) is 4. The summed E-state index contributed by atoms with van der Waals surface area (Å²) >= 11 is 0. The maximum Gasteiger partial charge on any atom is 0.159 e. The van der Waals surface area contributed by atoms with Crippen LogP contribution in [0.1, 0.15) is 46.5 Å². The van der Waals surface area contributed by atoms with Crippen molar-refractivity contribution in [2.24, 2.45) is 11.8 Å². The van der Waals surface area contributed by atoms with Gasteiger partial charge in [0.15, 0.2) is 11.6 Å². The summed E-state index contributed by atoms with van der Waals surface area (Å²) in [6.45, 7) is 10.3. The number of nitrogens with one attached hydrogen (secondary N) is 2. The molecule has 0 radical (unpaired) electrons. The first kappa shape index (κ1) is 26.2. The molecule has 1 aliphatic heterocycles. The lowest BCUT2D eigenvalue weighted by molar-refractivity contribution is 0.227. The molecular weight excluding hydrogens is 482 g/mol. The van der Waals surface area contributed by atoms with Crippen molar-refractivity contribution in [1.82, 2.24) is 24.8 Å². The largest absolute Gasteiger partial charge is 0.384 e. The third-order valence-corrected chi connectivity index (χ3v) is 7.90. The molecule has 2 atom stereocenters. The van der Waals surface area contributed by atoms with Gasteiger partial charge in [0.2, 0.25) is 0 Å². The Labute approximate surface area is 222 Å². The Morgan fingerprint density at radius 3 is 2.68 bits per heavy atom. The van der Waals surface area contributed by atoms with Crippen LogP contribution in [-0.4, -0.2) is 50.5 Å². The molecule has 0 bridgehead atoms. The van der Waals surface area contributed by atoms with Crippen LogP contribution in [0.3, 0.4) is 0 Å². The van der Waals surface area contributed by atoms with Crippen LogP contribution in [0.15, 0.2) is 48.9 Å². The fourth-order valence-corrected chi connectivity index (χ4v) is 5.47. The molecule has 6 nitrogen and oxygen atoms in total. The predicted octanol–water partition coefficient (Wildman–Crippen LogP) is 6.91. The van der Waals surface area contributed by atoms with Crippen molar-refractivity contribution < 1.29 is 8.78 Å². The molecule has 38 heavy (non-hydrogen) atoms. The van der Waals surface area contributed by atoms with Gasteiger partial charge in [0.25, 0.3) is 0 Å². The molecular formula is C30H36F2N6. The van der Waals surface area contributed by atoms with Crippen LogP contribution in [0.4, 0.5) is 14.5 Å². The van der Waals surface area contributed by atoms with Gasteiger partial charge in [-0.25, -0.2) is 18.7 Å². The lowest BCUT2D eigenvalue weighted by atomic mass is 9.86. The summed E-state index contributed by atoms with van der Waals surface area (Å²) in [5, 5.41) is 3.53. The Morgan fingerprint density at radius 1 is 1.03 bits per heavy atom. The normalized spacial score (nSPS) is 18.7. The SMILES string of the molecule is CC1CCN(C(C)C)CCC1CCCNc1cnc2ccc(-c3[nH]cnc3-c3ccc(F)c(F)c3)nc2c1. The maximum atomic E-state index is 13.8. The number of imidazole rings is 1. The quantitative estimate of drug-likeness (QED) is 0.248. The van der Waals surface area contributed by atoms with E-state index in [4.69, 9.17) is 4.98 Å². The number of likely N-dealkylation sites (tertiary alicyclic amines) is 1. The summed E-state index contributed by atoms with van der Waals surface area (Å²) in [4.78, 5) is 19.4. The number of fused-ring (bicyclic) bond motifs is 1. The van der Waals surface area contributed by atoms with Gasteiger partial charge >= 0.3 is 0 Å². The number of anilines is 1. The van der Waals surface area contributed by atoms with Gasteiger partial charge in [0.1, 0.15) is 0 Å². The second-order valence-electron chi connectivity index (χ2n) is 10.7. The molecule has 4 heterocycles. The van der Waals surface area contributed by atoms with Crippen LogP contribution in [0, 0.1) is 23.5 Å². The molecule has 0 saturated carbocycles. The fraction of sp³-hybridized carbons (Fsp3) is 0.433. The Morgan fingerprint density at radius 2 is 1.87 bits per heavy atom. The standard InChI is InChI=1S/C30H36F2N6/c1-19(2)38-13-10-20(3)21(11-14-38)5-4-12-33-23-16-28-26(34-17-23)8-9-27(37-28)30-29(35-18-36-30)22-6-7-24(31)25(32)15-22/h6-9,15-21,33H,4-5,10-14H2,1-3H3,(H,35,36). The van der Waals surface area contributed by atoms with Crippen molar-refractivity contribution in [3.8, 4) is 22.6 Å². The molecule has 1 fully saturated rings. The molecule has 1 aromatic carbocycles. The highest BCUT2D eigenvalue weighted by atomic mass is 19.2. The number of benzene rings is 1. The van der Waals surface area contributed by atoms with Crippen molar-refractivity contribution in [2.75, 3.05) is 25.0 Å². The zero-order chi connectivity index (χ0) is 26.6. The van der Waals surface area contributed by atoms with Gasteiger partial charge in [-0.1, -0.05) is 6.92 Å². The highest BCUT2D eigenvalue weighted by molar-refractivity contribution is 5.83. The molecule has 1 saturated heterocycles. The van der Waals surface area contributed by atoms with Gasteiger partial charge in [-0.3, -0.25) is 4.98 Å². The van der Waals surface area contributed by atoms with Gasteiger partial charge in [-0.15, -0.1) is 0 Å². The molecule has 0 aliphatic carbocycles. The average molecular weight is 519 g/mol. The molecule has 200 valence electrons. The number of aromatic amines is 1. The molecule has 0 spiro atoms. The second kappa shape index (κ2) is 11.6. The van der Waals surface area contributed by atoms with Crippen LogP contribution in [-0.2, 0) is 0 Å². The van der Waals surface area contributed by atoms with Crippen LogP contribution in [0.25, 0.3) is 33.7 Å². The number of aromatic nitrogens is 4. The van der Waals surface area contributed by atoms with Crippen molar-refractivity contribution >= 4 is 16.7 Å². The summed E-state index contributed by atoms with van der Waals surface area (Å²) in [5.41, 5.74) is 4.78. The third-order valence-electron chi connectivity index (χ3n) is 7.90. The van der Waals surface area contributed by atoms with E-state index >= 15 is 0 Å². The van der Waals surface area contributed by atoms with E-state index in [-0.39, 0.29) is 0 Å². The van der Waals surface area contributed by atoms with Crippen LogP contribution in [0.2, 0.25) is 0 Å². The number of hydrogen-bond donors (Lipinski definition) is 2. The first-order valence-electron chi connectivity index (χ1n) is 13.6. The smallest absolute Gasteiger partial charge is 0.159 e. The van der Waals surface area contributed by atoms with E-state index in [9.17, 15) is 8.78 Å². The van der Waals surface area contributed by atoms with Gasteiger partial charge in [0, 0.05) is 18.2 Å². The molecule has 8 heteroatoms. The van der Waals surface area contributed by atoms with Crippen molar-refractivity contribution in [1.29, 1.82) is 0 Å². The summed E-state index contributed by atoms with van der Waals surface area (Å²) in [7, 11) is 0. The number of rotatable bonds is 8. The van der Waals surface area contributed by atoms with E-state index in [1.54, 1.807) is 0 Å². The van der Waals surface area contributed by atoms with Crippen LogP contribution >= 0.6 is 0 Å². The van der Waals surface area contributed by atoms with E-state index in [0.29, 0.717) is 28.7 Å². The summed E-state index contributed by atoms with van der Waals surface area (Å²) in [5.74, 6) is -0.253. The van der Waals surface area contributed by atoms with Gasteiger partial charge in [-0.05, 0) is 101 Å². The minimum absolute atomic E-state index is 0.482. The summed E-state index contributed by atoms with van der Waals surface area (Å²) < 4.78 is 27.3. The highest BCUT2D eigenvalue weighted by Crippen LogP contribution is 2.31. The molecule has 0 amide bonds. The lowest BCUT2D eigenvalue weighted by Gasteiger charge is -2.24. The van der Waals surface area contributed by atoms with Gasteiger partial charge in [-0.2, -0.15) is 0 Å². The zero-order valence-electron chi connectivity index (χ0n) is 22.3. The first-order chi connectivity index (χ1) is 18.4. The maximum absolute atomic E-state index is 13.8.